The summed E-state index contributed by atoms with van der Waals surface area (Å²) in [5.41, 5.74) is 6.53. The lowest BCUT2D eigenvalue weighted by molar-refractivity contribution is -0.128. The van der Waals surface area contributed by atoms with Crippen molar-refractivity contribution in [3.05, 3.63) is 23.8 Å². The van der Waals surface area contributed by atoms with Gasteiger partial charge in [-0.15, -0.1) is 0 Å². The maximum Gasteiger partial charge on any atom is 0.253 e. The van der Waals surface area contributed by atoms with Gasteiger partial charge in [-0.1, -0.05) is 18.2 Å². The minimum absolute atomic E-state index is 0.0732. The Morgan fingerprint density at radius 1 is 1.38 bits per heavy atom. The number of hydrogen-bond acceptors (Lipinski definition) is 3. The third-order valence-corrected chi connectivity index (χ3v) is 3.17. The van der Waals surface area contributed by atoms with Crippen LogP contribution >= 0.6 is 0 Å². The van der Waals surface area contributed by atoms with E-state index < -0.39 is 0 Å². The number of carbonyl (C=O) groups excluding carboxylic acids is 1. The van der Waals surface area contributed by atoms with Gasteiger partial charge in [-0.3, -0.25) is 4.79 Å². The minimum Gasteiger partial charge on any atom is -0.336 e. The molecule has 0 radical (unpaired) electrons. The second-order valence-electron chi connectivity index (χ2n) is 4.51. The summed E-state index contributed by atoms with van der Waals surface area (Å²) in [6.07, 6.45) is 6.48. The molecule has 1 heterocycles. The second-order valence-corrected chi connectivity index (χ2v) is 4.51. The van der Waals surface area contributed by atoms with Crippen LogP contribution in [0, 0.1) is 0 Å². The molecule has 1 aliphatic carbocycles. The van der Waals surface area contributed by atoms with Crippen molar-refractivity contribution in [1.29, 1.82) is 0 Å². The van der Waals surface area contributed by atoms with E-state index >= 15 is 0 Å². The zero-order valence-corrected chi connectivity index (χ0v) is 9.72. The largest absolute Gasteiger partial charge is 0.336 e. The molecule has 88 valence electrons. The highest BCUT2D eigenvalue weighted by molar-refractivity contribution is 5.96. The smallest absolute Gasteiger partial charge is 0.253 e. The van der Waals surface area contributed by atoms with Crippen LogP contribution in [0.15, 0.2) is 23.8 Å². The summed E-state index contributed by atoms with van der Waals surface area (Å²) < 4.78 is 0. The van der Waals surface area contributed by atoms with Crippen LogP contribution in [-0.2, 0) is 4.79 Å². The molecule has 4 nitrogen and oxygen atoms in total. The summed E-state index contributed by atoms with van der Waals surface area (Å²) >= 11 is 0. The Bertz CT molecular complexity index is 327. The van der Waals surface area contributed by atoms with E-state index in [-0.39, 0.29) is 11.9 Å². The summed E-state index contributed by atoms with van der Waals surface area (Å²) in [5.74, 6) is 0.149. The Hall–Kier alpha value is -1.13. The van der Waals surface area contributed by atoms with Crippen molar-refractivity contribution in [3.63, 3.8) is 0 Å². The van der Waals surface area contributed by atoms with Crippen molar-refractivity contribution >= 4 is 5.91 Å². The summed E-state index contributed by atoms with van der Waals surface area (Å²) in [4.78, 5) is 16.3. The van der Waals surface area contributed by atoms with Crippen LogP contribution in [-0.4, -0.2) is 55.0 Å². The summed E-state index contributed by atoms with van der Waals surface area (Å²) in [6, 6.07) is 0.0732. The van der Waals surface area contributed by atoms with Gasteiger partial charge >= 0.3 is 0 Å². The van der Waals surface area contributed by atoms with Crippen LogP contribution < -0.4 is 5.73 Å². The van der Waals surface area contributed by atoms with E-state index in [1.54, 1.807) is 0 Å². The number of nitrogens with zero attached hydrogens (tertiary/aromatic N) is 2. The zero-order valence-electron chi connectivity index (χ0n) is 9.72. The molecule has 1 unspecified atom stereocenters. The highest BCUT2D eigenvalue weighted by atomic mass is 16.2. The van der Waals surface area contributed by atoms with E-state index in [1.165, 1.54) is 0 Å². The van der Waals surface area contributed by atoms with Crippen LogP contribution in [0.1, 0.15) is 6.42 Å². The fourth-order valence-electron chi connectivity index (χ4n) is 1.99. The van der Waals surface area contributed by atoms with Crippen molar-refractivity contribution in [2.45, 2.75) is 12.5 Å². The number of amides is 1. The average molecular weight is 221 g/mol. The van der Waals surface area contributed by atoms with Crippen molar-refractivity contribution in [1.82, 2.24) is 9.80 Å². The molecule has 2 rings (SSSR count). The molecule has 0 aromatic heterocycles. The maximum absolute atomic E-state index is 12.1. The summed E-state index contributed by atoms with van der Waals surface area (Å²) in [5, 5.41) is 0. The molecule has 2 N–H and O–H groups in total. The van der Waals surface area contributed by atoms with Crippen LogP contribution in [0.3, 0.4) is 0 Å². The standard InChI is InChI=1S/C12H19N3O/c1-14-6-8-15(9-7-14)12(16)10-2-4-11(13)5-3-10/h2-4,11H,5-9,13H2,1H3. The number of nitrogens with two attached hydrogens (primary N) is 1. The number of carbonyl (C=O) groups is 1. The Labute approximate surface area is 96.4 Å². The summed E-state index contributed by atoms with van der Waals surface area (Å²) in [7, 11) is 2.08. The Morgan fingerprint density at radius 2 is 2.06 bits per heavy atom. The SMILES string of the molecule is CN1CCN(C(=O)C2=CCC(N)C=C2)CC1. The molecule has 1 fully saturated rings. The molecule has 0 aromatic rings. The molecule has 1 saturated heterocycles. The van der Waals surface area contributed by atoms with Gasteiger partial charge in [-0.2, -0.15) is 0 Å². The van der Waals surface area contributed by atoms with Crippen LogP contribution in [0.4, 0.5) is 0 Å². The van der Waals surface area contributed by atoms with Gasteiger partial charge in [0, 0.05) is 37.8 Å². The highest BCUT2D eigenvalue weighted by Gasteiger charge is 2.21. The number of piperazine rings is 1. The van der Waals surface area contributed by atoms with Crippen molar-refractivity contribution in [3.8, 4) is 0 Å². The predicted octanol–water partition coefficient (Wildman–Crippen LogP) is -0.0260. The summed E-state index contributed by atoms with van der Waals surface area (Å²) in [6.45, 7) is 3.57. The first-order chi connectivity index (χ1) is 7.66. The van der Waals surface area contributed by atoms with E-state index in [0.717, 1.165) is 38.2 Å². The molecule has 0 aromatic carbocycles. The third-order valence-electron chi connectivity index (χ3n) is 3.17. The number of likely N-dealkylation sites (N-methyl/N-ethyl adjacent to an activating group) is 1. The first kappa shape index (κ1) is 11.4. The highest BCUT2D eigenvalue weighted by Crippen LogP contribution is 2.13. The van der Waals surface area contributed by atoms with E-state index in [0.29, 0.717) is 0 Å². The van der Waals surface area contributed by atoms with Crippen LogP contribution in [0.25, 0.3) is 0 Å². The number of rotatable bonds is 1. The van der Waals surface area contributed by atoms with E-state index in [1.807, 2.05) is 23.1 Å². The van der Waals surface area contributed by atoms with Gasteiger partial charge in [0.25, 0.3) is 5.91 Å². The molecule has 1 aliphatic heterocycles. The maximum atomic E-state index is 12.1. The Balaban J connectivity index is 1.95. The van der Waals surface area contributed by atoms with E-state index in [4.69, 9.17) is 5.73 Å². The fraction of sp³-hybridized carbons (Fsp3) is 0.583. The molecule has 4 heteroatoms. The Kier molecular flexibility index (Phi) is 3.41. The molecular weight excluding hydrogens is 202 g/mol. The third kappa shape index (κ3) is 2.51. The van der Waals surface area contributed by atoms with E-state index in [2.05, 4.69) is 11.9 Å². The lowest BCUT2D eigenvalue weighted by atomic mass is 10.0. The van der Waals surface area contributed by atoms with Gasteiger partial charge in [0.2, 0.25) is 0 Å². The van der Waals surface area contributed by atoms with Gasteiger partial charge in [0.15, 0.2) is 0 Å². The number of hydrogen-bond donors (Lipinski definition) is 1. The van der Waals surface area contributed by atoms with Gasteiger partial charge in [-0.25, -0.2) is 0 Å². The lowest BCUT2D eigenvalue weighted by Crippen LogP contribution is -2.47. The zero-order chi connectivity index (χ0) is 11.5. The first-order valence-corrected chi connectivity index (χ1v) is 5.78. The molecular formula is C12H19N3O. The molecule has 0 saturated carbocycles. The first-order valence-electron chi connectivity index (χ1n) is 5.78. The normalized spacial score (nSPS) is 26.8. The topological polar surface area (TPSA) is 49.6 Å². The van der Waals surface area contributed by atoms with Crippen molar-refractivity contribution < 1.29 is 4.79 Å². The monoisotopic (exact) mass is 221 g/mol. The van der Waals surface area contributed by atoms with E-state index in [9.17, 15) is 4.79 Å². The Morgan fingerprint density at radius 3 is 2.62 bits per heavy atom. The molecule has 0 bridgehead atoms. The van der Waals surface area contributed by atoms with Crippen molar-refractivity contribution in [2.24, 2.45) is 5.73 Å². The average Bonchev–Trinajstić information content (AvgIpc) is 2.30. The quantitative estimate of drug-likeness (QED) is 0.676. The lowest BCUT2D eigenvalue weighted by Gasteiger charge is -2.33. The van der Waals surface area contributed by atoms with Gasteiger partial charge in [0.1, 0.15) is 0 Å². The molecule has 2 aliphatic rings. The van der Waals surface area contributed by atoms with Crippen molar-refractivity contribution in [2.75, 3.05) is 33.2 Å². The second kappa shape index (κ2) is 4.80. The predicted molar refractivity (Wildman–Crippen MR) is 63.9 cm³/mol. The van der Waals surface area contributed by atoms with Gasteiger partial charge in [-0.05, 0) is 13.5 Å². The fourth-order valence-corrected chi connectivity index (χ4v) is 1.99. The minimum atomic E-state index is 0.0732. The van der Waals surface area contributed by atoms with Gasteiger partial charge < -0.3 is 15.5 Å². The van der Waals surface area contributed by atoms with Gasteiger partial charge in [0.05, 0.1) is 0 Å². The van der Waals surface area contributed by atoms with Crippen LogP contribution in [0.5, 0.6) is 0 Å². The molecule has 1 amide bonds. The molecule has 16 heavy (non-hydrogen) atoms. The molecule has 0 spiro atoms. The van der Waals surface area contributed by atoms with Crippen LogP contribution in [0.2, 0.25) is 0 Å². The molecule has 1 atom stereocenters.